The fourth-order valence-electron chi connectivity index (χ4n) is 5.12. The van der Waals surface area contributed by atoms with E-state index in [1.54, 1.807) is 23.1 Å². The van der Waals surface area contributed by atoms with Gasteiger partial charge >= 0.3 is 6.03 Å². The van der Waals surface area contributed by atoms with Gasteiger partial charge in [0, 0.05) is 36.4 Å². The second-order valence-corrected chi connectivity index (χ2v) is 9.27. The van der Waals surface area contributed by atoms with Crippen LogP contribution >= 0.6 is 0 Å². The summed E-state index contributed by atoms with van der Waals surface area (Å²) < 4.78 is 0. The Labute approximate surface area is 190 Å². The smallest absolute Gasteiger partial charge is 0.322 e. The Morgan fingerprint density at radius 1 is 0.970 bits per heavy atom. The summed E-state index contributed by atoms with van der Waals surface area (Å²) in [6.07, 6.45) is 3.82. The maximum atomic E-state index is 13.1. The number of anilines is 2. The number of benzene rings is 2. The van der Waals surface area contributed by atoms with Crippen LogP contribution in [-0.2, 0) is 22.6 Å². The van der Waals surface area contributed by atoms with Crippen molar-refractivity contribution >= 4 is 35.1 Å². The first-order valence-electron chi connectivity index (χ1n) is 11.5. The second kappa shape index (κ2) is 7.43. The molecule has 5 amide bonds. The van der Waals surface area contributed by atoms with Crippen molar-refractivity contribution in [2.45, 2.75) is 50.6 Å². The van der Waals surface area contributed by atoms with Gasteiger partial charge in [-0.25, -0.2) is 4.79 Å². The van der Waals surface area contributed by atoms with Crippen molar-refractivity contribution in [3.8, 4) is 0 Å². The molecule has 1 aliphatic carbocycles. The number of carbonyl (C=O) groups is 4. The molecule has 4 aliphatic rings. The average molecular weight is 444 g/mol. The standard InChI is InChI=1S/C25H24N4O4/c30-22-8-7-20(23(31)27-22)29-13-17-11-18(5-6-19(17)24(29)32)26-25(33)28-10-9-15-3-4-16(12-21(15)28)14-1-2-14/h3-6,11-12,14,20H,1-2,7-10,13H2,(H,26,33)(H,27,30,31). The first-order valence-corrected chi connectivity index (χ1v) is 11.5. The number of nitrogens with one attached hydrogen (secondary N) is 2. The molecule has 6 rings (SSSR count). The van der Waals surface area contributed by atoms with Crippen molar-refractivity contribution in [2.24, 2.45) is 0 Å². The van der Waals surface area contributed by atoms with E-state index in [0.29, 0.717) is 30.1 Å². The molecule has 1 saturated heterocycles. The maximum Gasteiger partial charge on any atom is 0.326 e. The highest BCUT2D eigenvalue weighted by atomic mass is 16.2. The molecular weight excluding hydrogens is 420 g/mol. The summed E-state index contributed by atoms with van der Waals surface area (Å²) in [5.74, 6) is -0.335. The largest absolute Gasteiger partial charge is 0.326 e. The van der Waals surface area contributed by atoms with Crippen LogP contribution in [0.3, 0.4) is 0 Å². The summed E-state index contributed by atoms with van der Waals surface area (Å²) in [5, 5.41) is 5.29. The van der Waals surface area contributed by atoms with E-state index in [2.05, 4.69) is 28.8 Å². The predicted molar refractivity (Wildman–Crippen MR) is 121 cm³/mol. The van der Waals surface area contributed by atoms with Crippen molar-refractivity contribution in [2.75, 3.05) is 16.8 Å². The quantitative estimate of drug-likeness (QED) is 0.711. The zero-order chi connectivity index (χ0) is 22.7. The SMILES string of the molecule is O=C1CCC(N2Cc3cc(NC(=O)N4CCc5ccc(C6CC6)cc54)ccc3C2=O)C(=O)N1. The third-order valence-electron chi connectivity index (χ3n) is 7.07. The second-order valence-electron chi connectivity index (χ2n) is 9.27. The van der Waals surface area contributed by atoms with E-state index in [1.165, 1.54) is 28.9 Å². The molecule has 2 aromatic rings. The lowest BCUT2D eigenvalue weighted by molar-refractivity contribution is -0.136. The van der Waals surface area contributed by atoms with Crippen LogP contribution in [0.25, 0.3) is 0 Å². The normalized spacial score (nSPS) is 21.7. The van der Waals surface area contributed by atoms with Gasteiger partial charge in [-0.1, -0.05) is 12.1 Å². The van der Waals surface area contributed by atoms with E-state index in [9.17, 15) is 19.2 Å². The first-order chi connectivity index (χ1) is 16.0. The predicted octanol–water partition coefficient (Wildman–Crippen LogP) is 2.92. The Balaban J connectivity index is 1.18. The molecule has 0 bridgehead atoms. The molecule has 8 heteroatoms. The first kappa shape index (κ1) is 20.0. The number of rotatable bonds is 3. The summed E-state index contributed by atoms with van der Waals surface area (Å²) in [6, 6.07) is 10.9. The molecular formula is C25H24N4O4. The van der Waals surface area contributed by atoms with Gasteiger partial charge in [0.25, 0.3) is 5.91 Å². The van der Waals surface area contributed by atoms with Crippen LogP contribution in [0, 0.1) is 0 Å². The Kier molecular flexibility index (Phi) is 4.50. The number of carbonyl (C=O) groups excluding carboxylic acids is 4. The number of hydrogen-bond donors (Lipinski definition) is 2. The summed E-state index contributed by atoms with van der Waals surface area (Å²) >= 11 is 0. The van der Waals surface area contributed by atoms with Crippen LogP contribution in [0.2, 0.25) is 0 Å². The number of fused-ring (bicyclic) bond motifs is 2. The highest BCUT2D eigenvalue weighted by Crippen LogP contribution is 2.42. The number of imide groups is 1. The van der Waals surface area contributed by atoms with Gasteiger partial charge in [-0.3, -0.25) is 24.6 Å². The molecule has 0 radical (unpaired) electrons. The lowest BCUT2D eigenvalue weighted by atomic mass is 10.0. The molecule has 1 atom stereocenters. The van der Waals surface area contributed by atoms with E-state index in [0.717, 1.165) is 17.7 Å². The molecule has 3 heterocycles. The number of nitrogens with zero attached hydrogens (tertiary/aromatic N) is 2. The van der Waals surface area contributed by atoms with Crippen LogP contribution in [0.1, 0.15) is 58.6 Å². The van der Waals surface area contributed by atoms with Crippen molar-refractivity contribution in [1.82, 2.24) is 10.2 Å². The lowest BCUT2D eigenvalue weighted by Crippen LogP contribution is -2.52. The number of urea groups is 1. The summed E-state index contributed by atoms with van der Waals surface area (Å²) in [6.45, 7) is 0.920. The number of amides is 5. The van der Waals surface area contributed by atoms with Crippen LogP contribution in [0.15, 0.2) is 36.4 Å². The van der Waals surface area contributed by atoms with Crippen LogP contribution in [0.5, 0.6) is 0 Å². The average Bonchev–Trinajstić information content (AvgIpc) is 3.48. The summed E-state index contributed by atoms with van der Waals surface area (Å²) in [5.41, 5.74) is 5.38. The molecule has 0 aromatic heterocycles. The highest BCUT2D eigenvalue weighted by molar-refractivity contribution is 6.06. The third kappa shape index (κ3) is 3.46. The van der Waals surface area contributed by atoms with Gasteiger partial charge in [-0.2, -0.15) is 0 Å². The molecule has 1 saturated carbocycles. The lowest BCUT2D eigenvalue weighted by Gasteiger charge is -2.29. The molecule has 2 N–H and O–H groups in total. The van der Waals surface area contributed by atoms with E-state index < -0.39 is 11.9 Å². The molecule has 8 nitrogen and oxygen atoms in total. The van der Waals surface area contributed by atoms with E-state index >= 15 is 0 Å². The molecule has 33 heavy (non-hydrogen) atoms. The summed E-state index contributed by atoms with van der Waals surface area (Å²) in [7, 11) is 0. The van der Waals surface area contributed by atoms with Gasteiger partial charge in [-0.05, 0) is 72.6 Å². The number of hydrogen-bond acceptors (Lipinski definition) is 4. The van der Waals surface area contributed by atoms with E-state index in [1.807, 2.05) is 0 Å². The van der Waals surface area contributed by atoms with Crippen LogP contribution in [0.4, 0.5) is 16.2 Å². The Morgan fingerprint density at radius 3 is 2.61 bits per heavy atom. The zero-order valence-corrected chi connectivity index (χ0v) is 18.1. The fourth-order valence-corrected chi connectivity index (χ4v) is 5.12. The Bertz CT molecular complexity index is 1220. The monoisotopic (exact) mass is 444 g/mol. The molecule has 1 unspecified atom stereocenters. The zero-order valence-electron chi connectivity index (χ0n) is 18.1. The third-order valence-corrected chi connectivity index (χ3v) is 7.07. The minimum absolute atomic E-state index is 0.187. The Morgan fingerprint density at radius 2 is 1.82 bits per heavy atom. The Hall–Kier alpha value is -3.68. The molecule has 2 aromatic carbocycles. The molecule has 168 valence electrons. The van der Waals surface area contributed by atoms with Gasteiger partial charge in [0.1, 0.15) is 6.04 Å². The van der Waals surface area contributed by atoms with Crippen LogP contribution in [-0.4, -0.2) is 41.2 Å². The van der Waals surface area contributed by atoms with E-state index in [-0.39, 0.29) is 30.8 Å². The molecule has 2 fully saturated rings. The summed E-state index contributed by atoms with van der Waals surface area (Å²) in [4.78, 5) is 52.9. The topological polar surface area (TPSA) is 98.8 Å². The van der Waals surface area contributed by atoms with E-state index in [4.69, 9.17) is 0 Å². The van der Waals surface area contributed by atoms with Crippen molar-refractivity contribution in [3.05, 3.63) is 58.7 Å². The van der Waals surface area contributed by atoms with Crippen molar-refractivity contribution in [3.63, 3.8) is 0 Å². The minimum Gasteiger partial charge on any atom is -0.322 e. The molecule has 0 spiro atoms. The van der Waals surface area contributed by atoms with Gasteiger partial charge in [0.05, 0.1) is 0 Å². The van der Waals surface area contributed by atoms with Gasteiger partial charge in [-0.15, -0.1) is 0 Å². The van der Waals surface area contributed by atoms with Crippen molar-refractivity contribution < 1.29 is 19.2 Å². The maximum absolute atomic E-state index is 13.1. The molecule has 3 aliphatic heterocycles. The highest BCUT2D eigenvalue weighted by Gasteiger charge is 2.39. The fraction of sp³-hybridized carbons (Fsp3) is 0.360. The van der Waals surface area contributed by atoms with Gasteiger partial charge in [0.15, 0.2) is 0 Å². The number of piperidine rings is 1. The van der Waals surface area contributed by atoms with Crippen LogP contribution < -0.4 is 15.5 Å². The van der Waals surface area contributed by atoms with Gasteiger partial charge in [0.2, 0.25) is 11.8 Å². The minimum atomic E-state index is -0.651. The van der Waals surface area contributed by atoms with Gasteiger partial charge < -0.3 is 10.2 Å². The van der Waals surface area contributed by atoms with Crippen molar-refractivity contribution in [1.29, 1.82) is 0 Å².